The van der Waals surface area contributed by atoms with Crippen LogP contribution in [0, 0.1) is 17.8 Å². The number of anilines is 1. The Kier molecular flexibility index (Phi) is 7.76. The van der Waals surface area contributed by atoms with Crippen LogP contribution >= 0.6 is 11.6 Å². The van der Waals surface area contributed by atoms with E-state index in [0.29, 0.717) is 41.2 Å². The lowest BCUT2D eigenvalue weighted by atomic mass is 9.87. The molecule has 4 rings (SSSR count). The molecule has 1 saturated carbocycles. The summed E-state index contributed by atoms with van der Waals surface area (Å²) in [5.41, 5.74) is -2.77. The fourth-order valence-corrected chi connectivity index (χ4v) is 5.48. The van der Waals surface area contributed by atoms with Crippen molar-refractivity contribution in [2.75, 3.05) is 39.0 Å². The molecule has 1 heterocycles. The molecule has 37 heavy (non-hydrogen) atoms. The fourth-order valence-electron chi connectivity index (χ4n) is 5.22. The minimum absolute atomic E-state index is 0.166. The van der Waals surface area contributed by atoms with Gasteiger partial charge in [0.25, 0.3) is 17.4 Å². The number of hydrogen-bond acceptors (Lipinski definition) is 4. The van der Waals surface area contributed by atoms with Gasteiger partial charge in [-0.15, -0.1) is 0 Å². The van der Waals surface area contributed by atoms with E-state index in [4.69, 9.17) is 11.6 Å². The number of hydrogen-bond donors (Lipinski definition) is 2. The lowest BCUT2D eigenvalue weighted by Crippen LogP contribution is -2.57. The third-order valence-electron chi connectivity index (χ3n) is 7.49. The minimum atomic E-state index is -5.13. The Labute approximate surface area is 219 Å². The quantitative estimate of drug-likeness (QED) is 0.533. The van der Waals surface area contributed by atoms with Crippen molar-refractivity contribution in [3.63, 3.8) is 0 Å². The largest absolute Gasteiger partial charge is 0.430 e. The second-order valence-electron chi connectivity index (χ2n) is 10.1. The van der Waals surface area contributed by atoms with Gasteiger partial charge in [-0.2, -0.15) is 13.2 Å². The molecule has 2 N–H and O–H groups in total. The van der Waals surface area contributed by atoms with Gasteiger partial charge in [0.2, 0.25) is 0 Å². The van der Waals surface area contributed by atoms with Crippen molar-refractivity contribution in [3.8, 4) is 0 Å². The Balaban J connectivity index is 1.30. The molecule has 3 atom stereocenters. The number of nitrogens with zero attached hydrogens (tertiary/aromatic N) is 2. The van der Waals surface area contributed by atoms with Crippen LogP contribution in [-0.2, 0) is 10.4 Å². The van der Waals surface area contributed by atoms with Gasteiger partial charge in [0.1, 0.15) is 0 Å². The molecule has 0 spiro atoms. The van der Waals surface area contributed by atoms with Gasteiger partial charge in [0.15, 0.2) is 0 Å². The van der Waals surface area contributed by atoms with Crippen molar-refractivity contribution in [3.05, 3.63) is 64.7 Å². The number of nitrogens with one attached hydrogen (secondary N) is 1. The second-order valence-corrected chi connectivity index (χ2v) is 10.5. The topological polar surface area (TPSA) is 72.9 Å². The SMILES string of the molecule is CN(C)C(=O)c1ccc(NC[C@H]2C[C@@H]2C2CCN(C(=O)C(O)(c3ccccc3)C(F)(F)F)CC2)cc1Cl. The molecule has 6 nitrogen and oxygen atoms in total. The Morgan fingerprint density at radius 2 is 1.76 bits per heavy atom. The number of carbonyl (C=O) groups is 2. The highest BCUT2D eigenvalue weighted by Gasteiger charge is 2.62. The highest BCUT2D eigenvalue weighted by Crippen LogP contribution is 2.48. The number of halogens is 4. The number of rotatable bonds is 7. The van der Waals surface area contributed by atoms with Crippen LogP contribution in [-0.4, -0.2) is 66.6 Å². The molecular formula is C27H31ClF3N3O3. The molecule has 2 aromatic rings. The third kappa shape index (κ3) is 5.57. The summed E-state index contributed by atoms with van der Waals surface area (Å²) in [6.07, 6.45) is -2.92. The van der Waals surface area contributed by atoms with Crippen LogP contribution < -0.4 is 5.32 Å². The molecule has 0 radical (unpaired) electrons. The van der Waals surface area contributed by atoms with E-state index in [9.17, 15) is 27.9 Å². The molecule has 0 bridgehead atoms. The third-order valence-corrected chi connectivity index (χ3v) is 7.81. The summed E-state index contributed by atoms with van der Waals surface area (Å²) >= 11 is 6.28. The van der Waals surface area contributed by atoms with Crippen molar-refractivity contribution >= 4 is 29.1 Å². The highest BCUT2D eigenvalue weighted by atomic mass is 35.5. The van der Waals surface area contributed by atoms with Crippen molar-refractivity contribution in [1.29, 1.82) is 0 Å². The molecule has 1 saturated heterocycles. The van der Waals surface area contributed by atoms with Gasteiger partial charge in [-0.05, 0) is 55.2 Å². The molecule has 10 heteroatoms. The maximum atomic E-state index is 13.9. The molecule has 2 aromatic carbocycles. The fraction of sp³-hybridized carbons (Fsp3) is 0.481. The summed E-state index contributed by atoms with van der Waals surface area (Å²) in [5, 5.41) is 14.3. The van der Waals surface area contributed by atoms with Gasteiger partial charge >= 0.3 is 6.18 Å². The van der Waals surface area contributed by atoms with E-state index in [2.05, 4.69) is 5.32 Å². The Bertz CT molecular complexity index is 1140. The van der Waals surface area contributed by atoms with Crippen LogP contribution in [0.2, 0.25) is 5.02 Å². The van der Waals surface area contributed by atoms with Crippen LogP contribution in [0.1, 0.15) is 35.2 Å². The zero-order chi connectivity index (χ0) is 27.0. The maximum Gasteiger partial charge on any atom is 0.430 e. The van der Waals surface area contributed by atoms with Gasteiger partial charge in [0.05, 0.1) is 10.6 Å². The second kappa shape index (κ2) is 10.5. The van der Waals surface area contributed by atoms with Crippen molar-refractivity contribution < 1.29 is 27.9 Å². The number of alkyl halides is 3. The van der Waals surface area contributed by atoms with E-state index in [-0.39, 0.29) is 19.0 Å². The molecule has 200 valence electrons. The summed E-state index contributed by atoms with van der Waals surface area (Å²) in [6, 6.07) is 11.8. The predicted octanol–water partition coefficient (Wildman–Crippen LogP) is 4.78. The smallest absolute Gasteiger partial charge is 0.385 e. The summed E-state index contributed by atoms with van der Waals surface area (Å²) in [6.45, 7) is 1.09. The lowest BCUT2D eigenvalue weighted by molar-refractivity contribution is -0.262. The predicted molar refractivity (Wildman–Crippen MR) is 135 cm³/mol. The van der Waals surface area contributed by atoms with E-state index in [1.54, 1.807) is 26.2 Å². The summed E-state index contributed by atoms with van der Waals surface area (Å²) < 4.78 is 41.6. The monoisotopic (exact) mass is 537 g/mol. The Morgan fingerprint density at radius 1 is 1.11 bits per heavy atom. The summed E-state index contributed by atoms with van der Waals surface area (Å²) in [5.74, 6) is -0.306. The number of likely N-dealkylation sites (tertiary alicyclic amines) is 1. The Morgan fingerprint density at radius 3 is 2.32 bits per heavy atom. The number of benzene rings is 2. The number of carbonyl (C=O) groups excluding carboxylic acids is 2. The van der Waals surface area contributed by atoms with Gasteiger partial charge < -0.3 is 20.2 Å². The zero-order valence-electron chi connectivity index (χ0n) is 20.8. The number of amides is 2. The maximum absolute atomic E-state index is 13.9. The van der Waals surface area contributed by atoms with Crippen molar-refractivity contribution in [2.45, 2.75) is 31.0 Å². The first-order valence-corrected chi connectivity index (χ1v) is 12.7. The molecule has 2 amide bonds. The average molecular weight is 538 g/mol. The van der Waals surface area contributed by atoms with E-state index in [1.807, 2.05) is 6.07 Å². The van der Waals surface area contributed by atoms with E-state index in [1.165, 1.54) is 23.1 Å². The van der Waals surface area contributed by atoms with Crippen LogP contribution in [0.3, 0.4) is 0 Å². The summed E-state index contributed by atoms with van der Waals surface area (Å²) in [4.78, 5) is 27.7. The van der Waals surface area contributed by atoms with E-state index < -0.39 is 23.2 Å². The van der Waals surface area contributed by atoms with E-state index >= 15 is 0 Å². The zero-order valence-corrected chi connectivity index (χ0v) is 21.5. The average Bonchev–Trinajstić information content (AvgIpc) is 3.66. The molecule has 2 fully saturated rings. The molecule has 1 unspecified atom stereocenters. The van der Waals surface area contributed by atoms with Crippen LogP contribution in [0.25, 0.3) is 0 Å². The Hall–Kier alpha value is -2.78. The summed E-state index contributed by atoms with van der Waals surface area (Å²) in [7, 11) is 3.33. The van der Waals surface area contributed by atoms with Crippen LogP contribution in [0.5, 0.6) is 0 Å². The molecule has 0 aromatic heterocycles. The molecule has 1 aliphatic carbocycles. The van der Waals surface area contributed by atoms with Crippen molar-refractivity contribution in [1.82, 2.24) is 9.80 Å². The van der Waals surface area contributed by atoms with Gasteiger partial charge in [-0.25, -0.2) is 0 Å². The van der Waals surface area contributed by atoms with Gasteiger partial charge in [0, 0.05) is 45.0 Å². The first-order valence-electron chi connectivity index (χ1n) is 12.3. The molecular weight excluding hydrogens is 507 g/mol. The first-order chi connectivity index (χ1) is 17.4. The molecule has 1 aliphatic heterocycles. The number of piperidine rings is 1. The standard InChI is InChI=1S/C27H31ClF3N3O3/c1-33(2)24(35)21-9-8-20(15-23(21)28)32-16-18-14-22(18)17-10-12-34(13-11-17)25(36)26(37,27(29,30)31)19-6-4-3-5-7-19/h3-9,15,17-18,22,32,37H,10-14,16H2,1-2H3/t18-,22-,26?/m1/s1. The van der Waals surface area contributed by atoms with Crippen LogP contribution in [0.15, 0.2) is 48.5 Å². The molecule has 2 aliphatic rings. The number of aliphatic hydroxyl groups is 1. The van der Waals surface area contributed by atoms with Gasteiger partial charge in [-0.1, -0.05) is 41.9 Å². The van der Waals surface area contributed by atoms with Gasteiger partial charge in [-0.3, -0.25) is 9.59 Å². The highest BCUT2D eigenvalue weighted by molar-refractivity contribution is 6.34. The van der Waals surface area contributed by atoms with Crippen molar-refractivity contribution in [2.24, 2.45) is 17.8 Å². The van der Waals surface area contributed by atoms with Crippen LogP contribution in [0.4, 0.5) is 18.9 Å². The normalized spacial score (nSPS) is 21.8. The first kappa shape index (κ1) is 27.3. The van der Waals surface area contributed by atoms with E-state index in [0.717, 1.165) is 35.7 Å². The minimum Gasteiger partial charge on any atom is -0.385 e. The lowest BCUT2D eigenvalue weighted by Gasteiger charge is -2.38.